The second-order valence-corrected chi connectivity index (χ2v) is 5.01. The van der Waals surface area contributed by atoms with E-state index in [0.29, 0.717) is 22.9 Å². The van der Waals surface area contributed by atoms with E-state index in [1.807, 2.05) is 0 Å². The molecule has 2 N–H and O–H groups in total. The first kappa shape index (κ1) is 12.8. The fraction of sp³-hybridized carbons (Fsp3) is 0.538. The fourth-order valence-corrected chi connectivity index (χ4v) is 2.46. The van der Waals surface area contributed by atoms with Gasteiger partial charge in [0.2, 0.25) is 0 Å². The molecule has 0 spiro atoms. The van der Waals surface area contributed by atoms with Crippen LogP contribution in [0, 0.1) is 11.7 Å². The highest BCUT2D eigenvalue weighted by molar-refractivity contribution is 6.31. The van der Waals surface area contributed by atoms with Crippen LogP contribution in [0.2, 0.25) is 5.02 Å². The Kier molecular flexibility index (Phi) is 4.02. The van der Waals surface area contributed by atoms with E-state index in [1.54, 1.807) is 19.2 Å². The Balaban J connectivity index is 2.08. The molecule has 2 rings (SSSR count). The van der Waals surface area contributed by atoms with Crippen LogP contribution in [0.25, 0.3) is 0 Å². The van der Waals surface area contributed by atoms with E-state index in [0.717, 1.165) is 12.8 Å². The van der Waals surface area contributed by atoms with Gasteiger partial charge in [-0.05, 0) is 37.3 Å². The van der Waals surface area contributed by atoms with Crippen LogP contribution in [0.1, 0.15) is 18.4 Å². The Labute approximate surface area is 106 Å². The van der Waals surface area contributed by atoms with E-state index < -0.39 is 0 Å². The Hall–Kier alpha value is -0.640. The second-order valence-electron chi connectivity index (χ2n) is 4.61. The second kappa shape index (κ2) is 5.34. The average molecular weight is 258 g/mol. The summed E-state index contributed by atoms with van der Waals surface area (Å²) >= 11 is 5.98. The van der Waals surface area contributed by atoms with Crippen LogP contribution in [0.4, 0.5) is 4.39 Å². The molecule has 1 aliphatic rings. The molecule has 0 amide bonds. The lowest BCUT2D eigenvalue weighted by atomic mass is 9.98. The number of methoxy groups -OCH3 is 1. The zero-order valence-corrected chi connectivity index (χ0v) is 10.6. The van der Waals surface area contributed by atoms with Gasteiger partial charge in [0.1, 0.15) is 5.82 Å². The van der Waals surface area contributed by atoms with Crippen LogP contribution in [0.3, 0.4) is 0 Å². The van der Waals surface area contributed by atoms with E-state index in [1.165, 1.54) is 6.07 Å². The number of halogens is 2. The summed E-state index contributed by atoms with van der Waals surface area (Å²) in [7, 11) is 1.66. The van der Waals surface area contributed by atoms with Gasteiger partial charge in [-0.15, -0.1) is 0 Å². The van der Waals surface area contributed by atoms with Crippen LogP contribution in [0.5, 0.6) is 0 Å². The molecular formula is C13H17ClFNO. The summed E-state index contributed by atoms with van der Waals surface area (Å²) in [5.74, 6) is 0.235. The summed E-state index contributed by atoms with van der Waals surface area (Å²) in [6.07, 6.45) is 2.72. The Morgan fingerprint density at radius 2 is 2.24 bits per heavy atom. The molecule has 1 fully saturated rings. The van der Waals surface area contributed by atoms with Crippen LogP contribution >= 0.6 is 11.6 Å². The summed E-state index contributed by atoms with van der Waals surface area (Å²) < 4.78 is 19.0. The Bertz CT molecular complexity index is 375. The van der Waals surface area contributed by atoms with Gasteiger partial charge in [0.25, 0.3) is 0 Å². The van der Waals surface area contributed by atoms with E-state index in [2.05, 4.69) is 0 Å². The minimum atomic E-state index is -0.293. The summed E-state index contributed by atoms with van der Waals surface area (Å²) in [5, 5.41) is 0.436. The highest BCUT2D eigenvalue weighted by Crippen LogP contribution is 2.36. The highest BCUT2D eigenvalue weighted by atomic mass is 35.5. The molecule has 1 aliphatic carbocycles. The molecule has 1 aromatic rings. The lowest BCUT2D eigenvalue weighted by Crippen LogP contribution is -2.39. The van der Waals surface area contributed by atoms with Crippen molar-refractivity contribution in [3.63, 3.8) is 0 Å². The van der Waals surface area contributed by atoms with Gasteiger partial charge in [-0.2, -0.15) is 0 Å². The van der Waals surface area contributed by atoms with Gasteiger partial charge in [0.15, 0.2) is 0 Å². The number of hydrogen-bond donors (Lipinski definition) is 1. The molecule has 0 radical (unpaired) electrons. The Morgan fingerprint density at radius 3 is 2.76 bits per heavy atom. The van der Waals surface area contributed by atoms with Crippen molar-refractivity contribution in [2.75, 3.05) is 7.11 Å². The minimum absolute atomic E-state index is 0.00525. The molecule has 0 heterocycles. The van der Waals surface area contributed by atoms with Crippen molar-refractivity contribution >= 4 is 11.6 Å². The first-order chi connectivity index (χ1) is 8.13. The van der Waals surface area contributed by atoms with E-state index in [9.17, 15) is 4.39 Å². The van der Waals surface area contributed by atoms with Crippen LogP contribution in [-0.2, 0) is 11.2 Å². The zero-order valence-electron chi connectivity index (χ0n) is 9.83. The number of ether oxygens (including phenoxy) is 1. The first-order valence-corrected chi connectivity index (χ1v) is 6.22. The maximum absolute atomic E-state index is 13.6. The summed E-state index contributed by atoms with van der Waals surface area (Å²) in [4.78, 5) is 0. The molecule has 17 heavy (non-hydrogen) atoms. The smallest absolute Gasteiger partial charge is 0.127 e. The number of hydrogen-bond acceptors (Lipinski definition) is 2. The maximum atomic E-state index is 13.6. The largest absolute Gasteiger partial charge is 0.380 e. The molecular weight excluding hydrogens is 241 g/mol. The standard InChI is InChI=1S/C13H17ClFNO/c1-17-13(8-5-6-8)12(16)7-9-10(14)3-2-4-11(9)15/h2-4,8,12-13H,5-7,16H2,1H3. The molecule has 2 nitrogen and oxygen atoms in total. The van der Waals surface area contributed by atoms with Crippen molar-refractivity contribution < 1.29 is 9.13 Å². The van der Waals surface area contributed by atoms with Crippen molar-refractivity contribution in [1.29, 1.82) is 0 Å². The molecule has 0 saturated heterocycles. The van der Waals surface area contributed by atoms with E-state index >= 15 is 0 Å². The van der Waals surface area contributed by atoms with Gasteiger partial charge in [-0.1, -0.05) is 17.7 Å². The topological polar surface area (TPSA) is 35.2 Å². The molecule has 1 saturated carbocycles. The normalized spacial score (nSPS) is 19.1. The third kappa shape index (κ3) is 2.97. The van der Waals surface area contributed by atoms with Crippen LogP contribution < -0.4 is 5.73 Å². The molecule has 94 valence electrons. The molecule has 2 unspecified atom stereocenters. The van der Waals surface area contributed by atoms with Gasteiger partial charge in [-0.3, -0.25) is 0 Å². The third-order valence-electron chi connectivity index (χ3n) is 3.28. The Morgan fingerprint density at radius 1 is 1.53 bits per heavy atom. The maximum Gasteiger partial charge on any atom is 0.127 e. The van der Waals surface area contributed by atoms with Gasteiger partial charge in [-0.25, -0.2) is 4.39 Å². The predicted molar refractivity (Wildman–Crippen MR) is 66.6 cm³/mol. The summed E-state index contributed by atoms with van der Waals surface area (Å²) in [6, 6.07) is 4.49. The van der Waals surface area contributed by atoms with E-state index in [-0.39, 0.29) is 18.0 Å². The van der Waals surface area contributed by atoms with Crippen LogP contribution in [-0.4, -0.2) is 19.3 Å². The highest BCUT2D eigenvalue weighted by Gasteiger charge is 2.35. The first-order valence-electron chi connectivity index (χ1n) is 5.84. The average Bonchev–Trinajstić information content (AvgIpc) is 3.09. The van der Waals surface area contributed by atoms with E-state index in [4.69, 9.17) is 22.1 Å². The molecule has 2 atom stereocenters. The van der Waals surface area contributed by atoms with Crippen molar-refractivity contribution in [2.24, 2.45) is 11.7 Å². The summed E-state index contributed by atoms with van der Waals surface area (Å²) in [6.45, 7) is 0. The monoisotopic (exact) mass is 257 g/mol. The molecule has 0 bridgehead atoms. The predicted octanol–water partition coefficient (Wildman–Crippen LogP) is 2.77. The molecule has 0 aliphatic heterocycles. The van der Waals surface area contributed by atoms with Crippen molar-refractivity contribution in [2.45, 2.75) is 31.4 Å². The third-order valence-corrected chi connectivity index (χ3v) is 3.64. The number of rotatable bonds is 5. The molecule has 4 heteroatoms. The fourth-order valence-electron chi connectivity index (χ4n) is 2.22. The van der Waals surface area contributed by atoms with Crippen molar-refractivity contribution in [1.82, 2.24) is 0 Å². The quantitative estimate of drug-likeness (QED) is 0.880. The zero-order chi connectivity index (χ0) is 12.4. The summed E-state index contributed by atoms with van der Waals surface area (Å²) in [5.41, 5.74) is 6.58. The molecule has 1 aromatic carbocycles. The van der Waals surface area contributed by atoms with Crippen molar-refractivity contribution in [3.8, 4) is 0 Å². The minimum Gasteiger partial charge on any atom is -0.380 e. The van der Waals surface area contributed by atoms with Gasteiger partial charge < -0.3 is 10.5 Å². The van der Waals surface area contributed by atoms with Gasteiger partial charge in [0, 0.05) is 23.7 Å². The SMILES string of the molecule is COC(C(N)Cc1c(F)cccc1Cl)C1CC1. The lowest BCUT2D eigenvalue weighted by Gasteiger charge is -2.23. The molecule has 0 aromatic heterocycles. The van der Waals surface area contributed by atoms with Gasteiger partial charge >= 0.3 is 0 Å². The number of nitrogens with two attached hydrogens (primary N) is 1. The van der Waals surface area contributed by atoms with Crippen molar-refractivity contribution in [3.05, 3.63) is 34.6 Å². The number of benzene rings is 1. The lowest BCUT2D eigenvalue weighted by molar-refractivity contribution is 0.0624. The van der Waals surface area contributed by atoms with Gasteiger partial charge in [0.05, 0.1) is 6.10 Å². The van der Waals surface area contributed by atoms with Crippen LogP contribution in [0.15, 0.2) is 18.2 Å².